The number of hydrogen-bond donors (Lipinski definition) is 3. The maximum absolute atomic E-state index is 11.0. The van der Waals surface area contributed by atoms with Gasteiger partial charge in [-0.1, -0.05) is 23.7 Å². The number of aromatic nitrogens is 1. The third-order valence-electron chi connectivity index (χ3n) is 4.58. The maximum Gasteiger partial charge on any atom is 0.267 e. The molecule has 3 rings (SSSR count). The van der Waals surface area contributed by atoms with E-state index >= 15 is 0 Å². The van der Waals surface area contributed by atoms with E-state index in [1.165, 1.54) is 23.2 Å². The van der Waals surface area contributed by atoms with Gasteiger partial charge in [0.2, 0.25) is 0 Å². The van der Waals surface area contributed by atoms with E-state index in [1.54, 1.807) is 19.4 Å². The summed E-state index contributed by atoms with van der Waals surface area (Å²) in [6.07, 6.45) is 5.36. The number of likely N-dealkylation sites (tertiary alicyclic amines) is 1. The molecule has 8 heteroatoms. The summed E-state index contributed by atoms with van der Waals surface area (Å²) in [6, 6.07) is 10.1. The lowest BCUT2D eigenvalue weighted by Gasteiger charge is -2.18. The molecular weight excluding hydrogens is 380 g/mol. The molecule has 0 bridgehead atoms. The largest absolute Gasteiger partial charge is 0.497 e. The molecule has 148 valence electrons. The molecule has 2 heterocycles. The van der Waals surface area contributed by atoms with Crippen LogP contribution in [0.5, 0.6) is 5.75 Å². The zero-order valence-electron chi connectivity index (χ0n) is 15.6. The quantitative estimate of drug-likeness (QED) is 0.375. The summed E-state index contributed by atoms with van der Waals surface area (Å²) in [4.78, 5) is 17.8. The second-order valence-electron chi connectivity index (χ2n) is 6.62. The van der Waals surface area contributed by atoms with Crippen LogP contribution in [0.15, 0.2) is 42.6 Å². The van der Waals surface area contributed by atoms with Gasteiger partial charge in [0.15, 0.2) is 0 Å². The van der Waals surface area contributed by atoms with Crippen molar-refractivity contribution in [2.45, 2.75) is 19.0 Å². The Morgan fingerprint density at radius 3 is 2.89 bits per heavy atom. The Morgan fingerprint density at radius 1 is 1.43 bits per heavy atom. The Bertz CT molecular complexity index is 842. The second-order valence-corrected chi connectivity index (χ2v) is 7.03. The monoisotopic (exact) mass is 402 g/mol. The first kappa shape index (κ1) is 20.1. The SMILES string of the molecule is COc1ccc(CN2CC[C@@H](Nc3ncc(/C=C/C(=O)NO)cc3Cl)C2)cc1. The van der Waals surface area contributed by atoms with Crippen molar-refractivity contribution in [2.24, 2.45) is 0 Å². The molecule has 3 N–H and O–H groups in total. The van der Waals surface area contributed by atoms with Crippen molar-refractivity contribution in [3.05, 3.63) is 58.8 Å². The first-order valence-corrected chi connectivity index (χ1v) is 9.34. The van der Waals surface area contributed by atoms with Crippen molar-refractivity contribution in [1.82, 2.24) is 15.4 Å². The number of anilines is 1. The highest BCUT2D eigenvalue weighted by molar-refractivity contribution is 6.33. The lowest BCUT2D eigenvalue weighted by Crippen LogP contribution is -2.26. The Hall–Kier alpha value is -2.61. The molecule has 1 aliphatic rings. The smallest absolute Gasteiger partial charge is 0.267 e. The number of carbonyl (C=O) groups is 1. The van der Waals surface area contributed by atoms with Gasteiger partial charge in [0, 0.05) is 37.9 Å². The van der Waals surface area contributed by atoms with Gasteiger partial charge in [-0.15, -0.1) is 0 Å². The van der Waals surface area contributed by atoms with Gasteiger partial charge in [-0.2, -0.15) is 0 Å². The van der Waals surface area contributed by atoms with E-state index in [4.69, 9.17) is 21.5 Å². The number of halogens is 1. The fourth-order valence-corrected chi connectivity index (χ4v) is 3.37. The Labute approximate surface area is 168 Å². The van der Waals surface area contributed by atoms with Crippen LogP contribution in [0.25, 0.3) is 6.08 Å². The minimum absolute atomic E-state index is 0.268. The molecule has 0 saturated carbocycles. The van der Waals surface area contributed by atoms with E-state index in [1.807, 2.05) is 12.1 Å². The number of nitrogens with zero attached hydrogens (tertiary/aromatic N) is 2. The van der Waals surface area contributed by atoms with Crippen LogP contribution in [-0.2, 0) is 11.3 Å². The van der Waals surface area contributed by atoms with Crippen LogP contribution < -0.4 is 15.5 Å². The number of hydrogen-bond acceptors (Lipinski definition) is 6. The highest BCUT2D eigenvalue weighted by atomic mass is 35.5. The summed E-state index contributed by atoms with van der Waals surface area (Å²) in [7, 11) is 1.67. The first-order chi connectivity index (χ1) is 13.6. The molecule has 1 saturated heterocycles. The number of nitrogens with one attached hydrogen (secondary N) is 2. The van der Waals surface area contributed by atoms with E-state index in [-0.39, 0.29) is 6.04 Å². The zero-order valence-corrected chi connectivity index (χ0v) is 16.3. The van der Waals surface area contributed by atoms with E-state index in [2.05, 4.69) is 27.3 Å². The lowest BCUT2D eigenvalue weighted by molar-refractivity contribution is -0.124. The summed E-state index contributed by atoms with van der Waals surface area (Å²) in [5, 5.41) is 12.4. The molecule has 0 radical (unpaired) electrons. The van der Waals surface area contributed by atoms with Gasteiger partial charge in [0.05, 0.1) is 12.1 Å². The van der Waals surface area contributed by atoms with Crippen molar-refractivity contribution in [3.8, 4) is 5.75 Å². The van der Waals surface area contributed by atoms with E-state index < -0.39 is 5.91 Å². The molecule has 0 aliphatic carbocycles. The fraction of sp³-hybridized carbons (Fsp3) is 0.300. The summed E-state index contributed by atoms with van der Waals surface area (Å²) in [6.45, 7) is 2.79. The number of hydroxylamine groups is 1. The van der Waals surface area contributed by atoms with E-state index in [9.17, 15) is 4.79 Å². The normalized spacial score (nSPS) is 17.0. The molecule has 1 aromatic heterocycles. The van der Waals surface area contributed by atoms with Crippen LogP contribution in [0.4, 0.5) is 5.82 Å². The molecule has 2 aromatic rings. The van der Waals surface area contributed by atoms with Crippen LogP contribution in [0.3, 0.4) is 0 Å². The predicted molar refractivity (Wildman–Crippen MR) is 109 cm³/mol. The zero-order chi connectivity index (χ0) is 19.9. The third-order valence-corrected chi connectivity index (χ3v) is 4.87. The Morgan fingerprint density at radius 2 is 2.21 bits per heavy atom. The number of rotatable bonds is 7. The number of methoxy groups -OCH3 is 1. The van der Waals surface area contributed by atoms with Gasteiger partial charge in [-0.25, -0.2) is 10.5 Å². The fourth-order valence-electron chi connectivity index (χ4n) is 3.14. The molecule has 1 fully saturated rings. The van der Waals surface area contributed by atoms with Crippen LogP contribution >= 0.6 is 11.6 Å². The van der Waals surface area contributed by atoms with Crippen LogP contribution in [0, 0.1) is 0 Å². The maximum atomic E-state index is 11.0. The predicted octanol–water partition coefficient (Wildman–Crippen LogP) is 2.95. The summed E-state index contributed by atoms with van der Waals surface area (Å²) in [5.74, 6) is 0.878. The number of benzene rings is 1. The topological polar surface area (TPSA) is 86.7 Å². The van der Waals surface area contributed by atoms with Gasteiger partial charge in [0.25, 0.3) is 5.91 Å². The van der Waals surface area contributed by atoms with Gasteiger partial charge in [-0.05, 0) is 41.8 Å². The lowest BCUT2D eigenvalue weighted by atomic mass is 10.2. The van der Waals surface area contributed by atoms with Crippen molar-refractivity contribution in [1.29, 1.82) is 0 Å². The minimum Gasteiger partial charge on any atom is -0.497 e. The molecule has 28 heavy (non-hydrogen) atoms. The average molecular weight is 403 g/mol. The van der Waals surface area contributed by atoms with Gasteiger partial charge in [0.1, 0.15) is 11.6 Å². The average Bonchev–Trinajstić information content (AvgIpc) is 3.15. The first-order valence-electron chi connectivity index (χ1n) is 8.97. The summed E-state index contributed by atoms with van der Waals surface area (Å²) < 4.78 is 5.20. The van der Waals surface area contributed by atoms with Crippen LogP contribution in [0.1, 0.15) is 17.5 Å². The molecule has 1 amide bonds. The number of pyridine rings is 1. The Kier molecular flexibility index (Phi) is 6.86. The molecule has 7 nitrogen and oxygen atoms in total. The van der Waals surface area contributed by atoms with E-state index in [0.717, 1.165) is 31.8 Å². The number of amides is 1. The van der Waals surface area contributed by atoms with E-state index in [0.29, 0.717) is 16.4 Å². The highest BCUT2D eigenvalue weighted by Crippen LogP contribution is 2.24. The van der Waals surface area contributed by atoms with Crippen LogP contribution in [0.2, 0.25) is 5.02 Å². The minimum atomic E-state index is -0.610. The standard InChI is InChI=1S/C20H23ClN4O3/c1-28-17-5-2-14(3-6-17)12-25-9-8-16(13-25)23-20-18(21)10-15(11-22-20)4-7-19(26)24-27/h2-7,10-11,16,27H,8-9,12-13H2,1H3,(H,22,23)(H,24,26)/b7-4+/t16-/m1/s1. The van der Waals surface area contributed by atoms with Crippen molar-refractivity contribution >= 4 is 29.4 Å². The van der Waals surface area contributed by atoms with Gasteiger partial charge >= 0.3 is 0 Å². The molecule has 0 spiro atoms. The molecular formula is C20H23ClN4O3. The van der Waals surface area contributed by atoms with Crippen LogP contribution in [-0.4, -0.2) is 47.2 Å². The summed E-state index contributed by atoms with van der Waals surface area (Å²) >= 11 is 6.32. The van der Waals surface area contributed by atoms with Crippen molar-refractivity contribution < 1.29 is 14.7 Å². The number of carbonyl (C=O) groups excluding carboxylic acids is 1. The highest BCUT2D eigenvalue weighted by Gasteiger charge is 2.23. The molecule has 1 atom stereocenters. The van der Waals surface area contributed by atoms with Gasteiger partial charge in [-0.3, -0.25) is 14.9 Å². The third kappa shape index (κ3) is 5.45. The molecule has 1 aliphatic heterocycles. The van der Waals surface area contributed by atoms with Crippen molar-refractivity contribution in [3.63, 3.8) is 0 Å². The number of ether oxygens (including phenoxy) is 1. The second kappa shape index (κ2) is 9.54. The molecule has 0 unspecified atom stereocenters. The van der Waals surface area contributed by atoms with Crippen molar-refractivity contribution in [2.75, 3.05) is 25.5 Å². The summed E-state index contributed by atoms with van der Waals surface area (Å²) in [5.41, 5.74) is 3.46. The van der Waals surface area contributed by atoms with Gasteiger partial charge < -0.3 is 10.1 Å². The molecule has 1 aromatic carbocycles. The Balaban J connectivity index is 1.54.